The predicted molar refractivity (Wildman–Crippen MR) is 61.9 cm³/mol. The smallest absolute Gasteiger partial charge is 0.0660 e. The molecule has 64 valence electrons. The van der Waals surface area contributed by atoms with Crippen LogP contribution in [0.3, 0.4) is 0 Å². The third-order valence-corrected chi connectivity index (χ3v) is 3.19. The molecule has 0 fully saturated rings. The molecule has 1 aromatic rings. The summed E-state index contributed by atoms with van der Waals surface area (Å²) < 4.78 is 1.22. The number of rotatable bonds is 2. The molecule has 0 amide bonds. The van der Waals surface area contributed by atoms with E-state index in [2.05, 4.69) is 27.7 Å². The minimum Gasteiger partial charge on any atom is -0.404 e. The Kier molecular flexibility index (Phi) is 3.54. The number of hydrogen-bond donors (Lipinski definition) is 2. The Morgan fingerprint density at radius 2 is 2.33 bits per heavy atom. The maximum atomic E-state index is 5.40. The van der Waals surface area contributed by atoms with Crippen molar-refractivity contribution in [3.8, 4) is 0 Å². The quantitative estimate of drug-likeness (QED) is 0.376. The van der Waals surface area contributed by atoms with Gasteiger partial charge in [0, 0.05) is 16.7 Å². The predicted octanol–water partition coefficient (Wildman–Crippen LogP) is 1.60. The van der Waals surface area contributed by atoms with Gasteiger partial charge in [-0.1, -0.05) is 0 Å². The van der Waals surface area contributed by atoms with Crippen LogP contribution in [0.2, 0.25) is 0 Å². The van der Waals surface area contributed by atoms with Crippen molar-refractivity contribution in [2.75, 3.05) is 0 Å². The van der Waals surface area contributed by atoms with Crippen LogP contribution in [-0.2, 0) is 0 Å². The monoisotopic (exact) mass is 293 g/mol. The number of nitrogens with two attached hydrogens (primary N) is 2. The molecule has 3 nitrogen and oxygen atoms in total. The molecular weight excluding hydrogens is 285 g/mol. The third kappa shape index (κ3) is 2.21. The molecule has 0 radical (unpaired) electrons. The van der Waals surface area contributed by atoms with Crippen LogP contribution in [0, 0.1) is 2.88 Å². The molecule has 0 aromatic carbocycles. The van der Waals surface area contributed by atoms with Crippen molar-refractivity contribution in [1.82, 2.24) is 0 Å². The van der Waals surface area contributed by atoms with Gasteiger partial charge < -0.3 is 11.6 Å². The van der Waals surface area contributed by atoms with Gasteiger partial charge in [-0.05, 0) is 34.7 Å². The van der Waals surface area contributed by atoms with Crippen molar-refractivity contribution in [3.05, 3.63) is 26.1 Å². The standard InChI is InChI=1S/C7H8IN3S/c8-7-2-1-6(12-7)5(3-9)4-11-10/h1-4H,9-10H2. The van der Waals surface area contributed by atoms with Gasteiger partial charge in [-0.25, -0.2) is 0 Å². The molecule has 0 saturated heterocycles. The maximum absolute atomic E-state index is 5.40. The number of hydrogen-bond acceptors (Lipinski definition) is 4. The summed E-state index contributed by atoms with van der Waals surface area (Å²) in [4.78, 5) is 1.08. The molecule has 0 bridgehead atoms. The molecule has 12 heavy (non-hydrogen) atoms. The summed E-state index contributed by atoms with van der Waals surface area (Å²) in [5.74, 6) is 5.02. The highest BCUT2D eigenvalue weighted by molar-refractivity contribution is 14.1. The van der Waals surface area contributed by atoms with Crippen molar-refractivity contribution in [2.24, 2.45) is 16.7 Å². The van der Waals surface area contributed by atoms with Gasteiger partial charge in [-0.15, -0.1) is 11.3 Å². The lowest BCUT2D eigenvalue weighted by Crippen LogP contribution is -1.90. The number of nitrogens with zero attached hydrogens (tertiary/aromatic N) is 1. The fourth-order valence-electron chi connectivity index (χ4n) is 0.739. The van der Waals surface area contributed by atoms with Crippen LogP contribution >= 0.6 is 33.9 Å². The van der Waals surface area contributed by atoms with Crippen LogP contribution in [0.4, 0.5) is 0 Å². The van der Waals surface area contributed by atoms with Crippen molar-refractivity contribution in [2.45, 2.75) is 0 Å². The zero-order valence-corrected chi connectivity index (χ0v) is 9.17. The number of thiophene rings is 1. The van der Waals surface area contributed by atoms with Gasteiger partial charge in [0.15, 0.2) is 0 Å². The van der Waals surface area contributed by atoms with Crippen LogP contribution in [0.15, 0.2) is 23.4 Å². The molecule has 1 aromatic heterocycles. The summed E-state index contributed by atoms with van der Waals surface area (Å²) in [5.41, 5.74) is 6.25. The Bertz CT molecular complexity index is 316. The minimum absolute atomic E-state index is 0.852. The van der Waals surface area contributed by atoms with E-state index in [1.54, 1.807) is 17.6 Å². The molecule has 0 aliphatic heterocycles. The minimum atomic E-state index is 0.852. The van der Waals surface area contributed by atoms with Gasteiger partial charge in [-0.2, -0.15) is 5.10 Å². The van der Waals surface area contributed by atoms with Crippen LogP contribution in [0.1, 0.15) is 4.88 Å². The Labute approximate surface area is 88.3 Å². The van der Waals surface area contributed by atoms with Crippen LogP contribution < -0.4 is 11.6 Å². The first kappa shape index (κ1) is 9.53. The largest absolute Gasteiger partial charge is 0.404 e. The molecule has 0 spiro atoms. The molecule has 0 aliphatic rings. The molecule has 0 saturated carbocycles. The SMILES string of the molecule is NC=C(C=NN)c1ccc(I)s1. The summed E-state index contributed by atoms with van der Waals surface area (Å²) in [6, 6.07) is 4.02. The topological polar surface area (TPSA) is 64.4 Å². The molecule has 1 rings (SSSR count). The van der Waals surface area contributed by atoms with Gasteiger partial charge in [0.05, 0.1) is 9.10 Å². The second-order valence-electron chi connectivity index (χ2n) is 2.00. The first-order chi connectivity index (χ1) is 5.77. The highest BCUT2D eigenvalue weighted by atomic mass is 127. The van der Waals surface area contributed by atoms with Gasteiger partial charge in [-0.3, -0.25) is 0 Å². The van der Waals surface area contributed by atoms with Gasteiger partial charge in [0.25, 0.3) is 0 Å². The zero-order chi connectivity index (χ0) is 8.97. The Morgan fingerprint density at radius 1 is 1.58 bits per heavy atom. The lowest BCUT2D eigenvalue weighted by atomic mass is 10.2. The van der Waals surface area contributed by atoms with Crippen molar-refractivity contribution in [3.63, 3.8) is 0 Å². The molecule has 5 heteroatoms. The van der Waals surface area contributed by atoms with Gasteiger partial charge in [0.1, 0.15) is 0 Å². The lowest BCUT2D eigenvalue weighted by Gasteiger charge is -1.92. The van der Waals surface area contributed by atoms with Crippen LogP contribution in [0.25, 0.3) is 5.57 Å². The number of halogens is 1. The molecule has 0 aliphatic carbocycles. The van der Waals surface area contributed by atoms with E-state index in [0.717, 1.165) is 10.5 Å². The fraction of sp³-hybridized carbons (Fsp3) is 0. The van der Waals surface area contributed by atoms with E-state index in [1.165, 1.54) is 9.08 Å². The van der Waals surface area contributed by atoms with Crippen molar-refractivity contribution < 1.29 is 0 Å². The Morgan fingerprint density at radius 3 is 2.75 bits per heavy atom. The van der Waals surface area contributed by atoms with E-state index in [0.29, 0.717) is 0 Å². The van der Waals surface area contributed by atoms with E-state index < -0.39 is 0 Å². The van der Waals surface area contributed by atoms with E-state index in [1.807, 2.05) is 12.1 Å². The van der Waals surface area contributed by atoms with E-state index in [9.17, 15) is 0 Å². The number of allylic oxidation sites excluding steroid dienone is 1. The van der Waals surface area contributed by atoms with Crippen molar-refractivity contribution in [1.29, 1.82) is 0 Å². The average Bonchev–Trinajstić information content (AvgIpc) is 2.47. The fourth-order valence-corrected chi connectivity index (χ4v) is 2.35. The summed E-state index contributed by atoms with van der Waals surface area (Å²) in [6.07, 6.45) is 3.04. The molecule has 4 N–H and O–H groups in total. The van der Waals surface area contributed by atoms with Crippen molar-refractivity contribution >= 4 is 45.7 Å². The van der Waals surface area contributed by atoms with Gasteiger partial charge >= 0.3 is 0 Å². The summed E-state index contributed by atoms with van der Waals surface area (Å²) in [5, 5.41) is 3.42. The Hall–Kier alpha value is -0.560. The first-order valence-electron chi connectivity index (χ1n) is 3.18. The molecular formula is C7H8IN3S. The van der Waals surface area contributed by atoms with E-state index >= 15 is 0 Å². The maximum Gasteiger partial charge on any atom is 0.0660 e. The molecule has 1 heterocycles. The lowest BCUT2D eigenvalue weighted by molar-refractivity contribution is 1.27. The number of hydrazone groups is 1. The van der Waals surface area contributed by atoms with E-state index in [4.69, 9.17) is 11.6 Å². The second kappa shape index (κ2) is 4.46. The zero-order valence-electron chi connectivity index (χ0n) is 6.20. The van der Waals surface area contributed by atoms with Crippen LogP contribution in [0.5, 0.6) is 0 Å². The summed E-state index contributed by atoms with van der Waals surface area (Å²) in [6.45, 7) is 0. The third-order valence-electron chi connectivity index (χ3n) is 1.25. The average molecular weight is 293 g/mol. The molecule has 0 atom stereocenters. The Balaban J connectivity index is 2.96. The summed E-state index contributed by atoms with van der Waals surface area (Å²) in [7, 11) is 0. The van der Waals surface area contributed by atoms with Crippen LogP contribution in [-0.4, -0.2) is 6.21 Å². The first-order valence-corrected chi connectivity index (χ1v) is 5.08. The molecule has 0 unspecified atom stereocenters. The second-order valence-corrected chi connectivity index (χ2v) is 4.98. The normalized spacial score (nSPS) is 12.6. The van der Waals surface area contributed by atoms with E-state index in [-0.39, 0.29) is 0 Å². The highest BCUT2D eigenvalue weighted by Crippen LogP contribution is 2.23. The van der Waals surface area contributed by atoms with Gasteiger partial charge in [0.2, 0.25) is 0 Å². The highest BCUT2D eigenvalue weighted by Gasteiger charge is 2.00. The summed E-state index contributed by atoms with van der Waals surface area (Å²) >= 11 is 3.91.